The van der Waals surface area contributed by atoms with Gasteiger partial charge < -0.3 is 10.0 Å². The lowest BCUT2D eigenvalue weighted by Gasteiger charge is -2.33. The molecule has 4 heteroatoms. The first-order valence-electron chi connectivity index (χ1n) is 4.57. The van der Waals surface area contributed by atoms with Gasteiger partial charge in [-0.15, -0.1) is 0 Å². The summed E-state index contributed by atoms with van der Waals surface area (Å²) in [6, 6.07) is -0.685. The van der Waals surface area contributed by atoms with Crippen LogP contribution in [-0.4, -0.2) is 34.5 Å². The Morgan fingerprint density at radius 3 is 2.85 bits per heavy atom. The van der Waals surface area contributed by atoms with Gasteiger partial charge in [-0.3, -0.25) is 4.79 Å². The van der Waals surface area contributed by atoms with Gasteiger partial charge in [-0.05, 0) is 19.8 Å². The minimum absolute atomic E-state index is 0.0180. The maximum atomic E-state index is 11.5. The fourth-order valence-electron chi connectivity index (χ4n) is 1.60. The van der Waals surface area contributed by atoms with Crippen molar-refractivity contribution < 1.29 is 14.7 Å². The van der Waals surface area contributed by atoms with Gasteiger partial charge in [0.05, 0.1) is 0 Å². The quantitative estimate of drug-likeness (QED) is 0.689. The molecule has 0 radical (unpaired) electrons. The molecule has 0 aliphatic carbocycles. The fourth-order valence-corrected chi connectivity index (χ4v) is 1.60. The van der Waals surface area contributed by atoms with E-state index >= 15 is 0 Å². The van der Waals surface area contributed by atoms with Gasteiger partial charge in [-0.1, -0.05) is 6.92 Å². The second kappa shape index (κ2) is 3.77. The summed E-state index contributed by atoms with van der Waals surface area (Å²) in [6.45, 7) is 3.98. The van der Waals surface area contributed by atoms with Crippen molar-refractivity contribution in [2.24, 2.45) is 5.92 Å². The number of aliphatic carboxylic acids is 1. The lowest BCUT2D eigenvalue weighted by Crippen LogP contribution is -2.48. The Balaban J connectivity index is 2.68. The van der Waals surface area contributed by atoms with E-state index < -0.39 is 12.0 Å². The Morgan fingerprint density at radius 2 is 2.31 bits per heavy atom. The van der Waals surface area contributed by atoms with Crippen molar-refractivity contribution in [3.63, 3.8) is 0 Å². The highest BCUT2D eigenvalue weighted by molar-refractivity contribution is 5.85. The van der Waals surface area contributed by atoms with Crippen LogP contribution in [0.3, 0.4) is 0 Å². The van der Waals surface area contributed by atoms with Crippen LogP contribution in [0, 0.1) is 5.92 Å². The minimum Gasteiger partial charge on any atom is -0.480 e. The molecule has 0 aromatic rings. The molecule has 1 aliphatic heterocycles. The number of likely N-dealkylation sites (tertiary alicyclic amines) is 1. The monoisotopic (exact) mass is 185 g/mol. The van der Waals surface area contributed by atoms with E-state index in [1.54, 1.807) is 6.92 Å². The third-order valence-corrected chi connectivity index (χ3v) is 2.57. The normalized spacial score (nSPS) is 25.8. The van der Waals surface area contributed by atoms with Gasteiger partial charge in [0.25, 0.3) is 0 Å². The van der Waals surface area contributed by atoms with Gasteiger partial charge in [0.1, 0.15) is 6.04 Å². The van der Waals surface area contributed by atoms with Crippen LogP contribution in [0.25, 0.3) is 0 Å². The Bertz CT molecular complexity index is 227. The number of carboxylic acid groups (broad SMARTS) is 1. The maximum absolute atomic E-state index is 11.5. The summed E-state index contributed by atoms with van der Waals surface area (Å²) in [5.74, 6) is -0.973. The van der Waals surface area contributed by atoms with E-state index in [9.17, 15) is 9.59 Å². The number of rotatable bonds is 2. The Hall–Kier alpha value is -1.06. The number of nitrogens with zero attached hydrogens (tertiary/aromatic N) is 1. The Kier molecular flexibility index (Phi) is 2.90. The molecule has 1 amide bonds. The molecule has 0 aromatic heterocycles. The number of amides is 1. The molecular weight excluding hydrogens is 170 g/mol. The topological polar surface area (TPSA) is 57.6 Å². The van der Waals surface area contributed by atoms with Crippen LogP contribution < -0.4 is 0 Å². The van der Waals surface area contributed by atoms with Crippen LogP contribution in [0.1, 0.15) is 26.7 Å². The first kappa shape index (κ1) is 10.0. The first-order valence-corrected chi connectivity index (χ1v) is 4.57. The predicted molar refractivity (Wildman–Crippen MR) is 47.2 cm³/mol. The molecule has 1 fully saturated rings. The highest BCUT2D eigenvalue weighted by Crippen LogP contribution is 2.19. The zero-order valence-corrected chi connectivity index (χ0v) is 7.99. The number of carbonyl (C=O) groups is 2. The first-order chi connectivity index (χ1) is 6.04. The molecule has 2 unspecified atom stereocenters. The summed E-state index contributed by atoms with van der Waals surface area (Å²) in [6.07, 6.45) is 1.78. The molecular formula is C9H15NO3. The van der Waals surface area contributed by atoms with Gasteiger partial charge in [0.15, 0.2) is 0 Å². The van der Waals surface area contributed by atoms with Crippen LogP contribution in [0.2, 0.25) is 0 Å². The largest absolute Gasteiger partial charge is 0.480 e. The molecule has 74 valence electrons. The second-order valence-corrected chi connectivity index (χ2v) is 3.59. The Morgan fingerprint density at radius 1 is 1.69 bits per heavy atom. The third kappa shape index (κ3) is 1.99. The lowest BCUT2D eigenvalue weighted by atomic mass is 9.98. The molecule has 0 spiro atoms. The average molecular weight is 185 g/mol. The van der Waals surface area contributed by atoms with Crippen LogP contribution in [0.15, 0.2) is 0 Å². The number of carboxylic acids is 1. The van der Waals surface area contributed by atoms with Gasteiger partial charge >= 0.3 is 5.97 Å². The zero-order valence-electron chi connectivity index (χ0n) is 7.99. The number of hydrogen-bond donors (Lipinski definition) is 1. The SMILES string of the molecule is CC1CCCN(C(C)C(=O)O)C1=O. The summed E-state index contributed by atoms with van der Waals surface area (Å²) >= 11 is 0. The molecule has 1 aliphatic rings. The van der Waals surface area contributed by atoms with Crippen molar-refractivity contribution in [2.45, 2.75) is 32.7 Å². The van der Waals surface area contributed by atoms with Crippen LogP contribution >= 0.6 is 0 Å². The van der Waals surface area contributed by atoms with E-state index in [1.165, 1.54) is 4.90 Å². The predicted octanol–water partition coefficient (Wildman–Crippen LogP) is 0.718. The van der Waals surface area contributed by atoms with Crippen molar-refractivity contribution in [3.05, 3.63) is 0 Å². The minimum atomic E-state index is -0.928. The summed E-state index contributed by atoms with van der Waals surface area (Å²) < 4.78 is 0. The van der Waals surface area contributed by atoms with E-state index in [0.717, 1.165) is 12.8 Å². The molecule has 0 saturated carbocycles. The molecule has 1 N–H and O–H groups in total. The van der Waals surface area contributed by atoms with Gasteiger partial charge in [0, 0.05) is 12.5 Å². The van der Waals surface area contributed by atoms with Crippen molar-refractivity contribution >= 4 is 11.9 Å². The maximum Gasteiger partial charge on any atom is 0.326 e. The van der Waals surface area contributed by atoms with Crippen molar-refractivity contribution in [1.82, 2.24) is 4.90 Å². The van der Waals surface area contributed by atoms with Gasteiger partial charge in [0.2, 0.25) is 5.91 Å². The smallest absolute Gasteiger partial charge is 0.326 e. The van der Waals surface area contributed by atoms with Gasteiger partial charge in [-0.2, -0.15) is 0 Å². The van der Waals surface area contributed by atoms with Crippen molar-refractivity contribution in [1.29, 1.82) is 0 Å². The van der Waals surface area contributed by atoms with Crippen molar-refractivity contribution in [2.75, 3.05) is 6.54 Å². The molecule has 0 bridgehead atoms. The van der Waals surface area contributed by atoms with E-state index in [0.29, 0.717) is 6.54 Å². The summed E-state index contributed by atoms with van der Waals surface area (Å²) in [7, 11) is 0. The number of carbonyl (C=O) groups excluding carboxylic acids is 1. The number of piperidine rings is 1. The Labute approximate surface area is 77.5 Å². The average Bonchev–Trinajstić information content (AvgIpc) is 2.08. The van der Waals surface area contributed by atoms with Gasteiger partial charge in [-0.25, -0.2) is 4.79 Å². The summed E-state index contributed by atoms with van der Waals surface area (Å²) in [5, 5.41) is 8.74. The number of hydrogen-bond acceptors (Lipinski definition) is 2. The zero-order chi connectivity index (χ0) is 10.0. The highest BCUT2D eigenvalue weighted by atomic mass is 16.4. The molecule has 0 aromatic carbocycles. The molecule has 1 saturated heterocycles. The third-order valence-electron chi connectivity index (χ3n) is 2.57. The van der Waals surface area contributed by atoms with Crippen molar-refractivity contribution in [3.8, 4) is 0 Å². The molecule has 1 rings (SSSR count). The molecule has 13 heavy (non-hydrogen) atoms. The highest BCUT2D eigenvalue weighted by Gasteiger charge is 2.31. The molecule has 1 heterocycles. The van der Waals surface area contributed by atoms with E-state index in [2.05, 4.69) is 0 Å². The van der Waals surface area contributed by atoms with E-state index in [1.807, 2.05) is 6.92 Å². The fraction of sp³-hybridized carbons (Fsp3) is 0.778. The second-order valence-electron chi connectivity index (χ2n) is 3.59. The van der Waals surface area contributed by atoms with E-state index in [-0.39, 0.29) is 11.8 Å². The molecule has 2 atom stereocenters. The standard InChI is InChI=1S/C9H15NO3/c1-6-4-3-5-10(8(6)11)7(2)9(12)13/h6-7H,3-5H2,1-2H3,(H,12,13). The lowest BCUT2D eigenvalue weighted by molar-refractivity contribution is -0.152. The summed E-state index contributed by atoms with van der Waals surface area (Å²) in [4.78, 5) is 23.6. The van der Waals surface area contributed by atoms with Crippen LogP contribution in [0.5, 0.6) is 0 Å². The van der Waals surface area contributed by atoms with E-state index in [4.69, 9.17) is 5.11 Å². The van der Waals surface area contributed by atoms with Crippen LogP contribution in [-0.2, 0) is 9.59 Å². The van der Waals surface area contributed by atoms with Crippen LogP contribution in [0.4, 0.5) is 0 Å². The summed E-state index contributed by atoms with van der Waals surface area (Å²) in [5.41, 5.74) is 0. The molecule has 4 nitrogen and oxygen atoms in total.